The van der Waals surface area contributed by atoms with Gasteiger partial charge in [0, 0.05) is 71.1 Å². The number of nitrogens with one attached hydrogen (secondary N) is 1. The minimum Gasteiger partial charge on any atom is -0.357 e. The van der Waals surface area contributed by atoms with E-state index in [2.05, 4.69) is 38.3 Å². The van der Waals surface area contributed by atoms with Crippen molar-refractivity contribution in [2.75, 3.05) is 57.3 Å². The summed E-state index contributed by atoms with van der Waals surface area (Å²) < 4.78 is 0. The molecule has 5 nitrogen and oxygen atoms in total. The summed E-state index contributed by atoms with van der Waals surface area (Å²) in [5.74, 6) is 1.16. The molecule has 1 aromatic rings. The van der Waals surface area contributed by atoms with Gasteiger partial charge in [0.15, 0.2) is 0 Å². The van der Waals surface area contributed by atoms with E-state index in [1.807, 2.05) is 0 Å². The maximum atomic E-state index is 4.69. The normalized spacial score (nSPS) is 25.8. The summed E-state index contributed by atoms with van der Waals surface area (Å²) in [6.07, 6.45) is 6.03. The molecule has 3 aliphatic rings. The van der Waals surface area contributed by atoms with Crippen LogP contribution in [0.5, 0.6) is 0 Å². The zero-order chi connectivity index (χ0) is 15.5. The van der Waals surface area contributed by atoms with Crippen LogP contribution in [0.15, 0.2) is 18.3 Å². The maximum absolute atomic E-state index is 4.69. The summed E-state index contributed by atoms with van der Waals surface area (Å²) in [6.45, 7) is 10.6. The Morgan fingerprint density at radius 3 is 2.54 bits per heavy atom. The third-order valence-electron chi connectivity index (χ3n) is 5.56. The van der Waals surface area contributed by atoms with Crippen LogP contribution in [0, 0.1) is 0 Å². The van der Waals surface area contributed by atoms with Gasteiger partial charge in [0.05, 0.1) is 0 Å². The number of nitrogens with zero attached hydrogens (tertiary/aromatic N) is 4. The Hall–Kier alpha value is -0.880. The van der Waals surface area contributed by atoms with Gasteiger partial charge in [0.25, 0.3) is 0 Å². The molecule has 1 unspecified atom stereocenters. The topological polar surface area (TPSA) is 34.6 Å². The fourth-order valence-electron chi connectivity index (χ4n) is 4.20. The molecular weight excluding hydrogens is 322 g/mol. The third kappa shape index (κ3) is 4.20. The standard InChI is InChI=1S/C18H29N5.ClH/c1-2-9-23(8-1)18-4-3-16(13-20-18)14-21-10-5-17(15-21)22-11-6-19-7-12-22;/h3-4,13,17,19H,1-2,5-12,14-15H2;1H. The number of rotatable bonds is 4. The van der Waals surface area contributed by atoms with Gasteiger partial charge in [-0.05, 0) is 30.9 Å². The van der Waals surface area contributed by atoms with E-state index >= 15 is 0 Å². The molecule has 134 valence electrons. The Kier molecular flexibility index (Phi) is 6.33. The monoisotopic (exact) mass is 351 g/mol. The van der Waals surface area contributed by atoms with E-state index in [0.29, 0.717) is 0 Å². The largest absolute Gasteiger partial charge is 0.357 e. The molecule has 0 radical (unpaired) electrons. The first-order valence-electron chi connectivity index (χ1n) is 9.25. The highest BCUT2D eigenvalue weighted by atomic mass is 35.5. The van der Waals surface area contributed by atoms with Crippen molar-refractivity contribution in [1.82, 2.24) is 20.1 Å². The Balaban J connectivity index is 0.00000169. The molecule has 4 rings (SSSR count). The first-order valence-corrected chi connectivity index (χ1v) is 9.25. The van der Waals surface area contributed by atoms with Crippen molar-refractivity contribution in [3.63, 3.8) is 0 Å². The SMILES string of the molecule is Cl.c1cc(N2CCCC2)ncc1CN1CCC(N2CCNCC2)C1. The molecule has 24 heavy (non-hydrogen) atoms. The third-order valence-corrected chi connectivity index (χ3v) is 5.56. The van der Waals surface area contributed by atoms with Gasteiger partial charge < -0.3 is 10.2 Å². The molecule has 1 aromatic heterocycles. The van der Waals surface area contributed by atoms with Crippen molar-refractivity contribution in [3.8, 4) is 0 Å². The molecule has 0 spiro atoms. The number of piperazine rings is 1. The Labute approximate surface area is 151 Å². The molecule has 3 saturated heterocycles. The smallest absolute Gasteiger partial charge is 0.128 e. The lowest BCUT2D eigenvalue weighted by Gasteiger charge is -2.32. The second-order valence-corrected chi connectivity index (χ2v) is 7.18. The molecular formula is C18H30ClN5. The molecule has 4 heterocycles. The highest BCUT2D eigenvalue weighted by Gasteiger charge is 2.28. The van der Waals surface area contributed by atoms with Gasteiger partial charge in [-0.15, -0.1) is 12.4 Å². The number of anilines is 1. The molecule has 0 bridgehead atoms. The Morgan fingerprint density at radius 2 is 1.83 bits per heavy atom. The molecule has 0 aromatic carbocycles. The van der Waals surface area contributed by atoms with Gasteiger partial charge in [-0.25, -0.2) is 4.98 Å². The number of hydrogen-bond acceptors (Lipinski definition) is 5. The predicted molar refractivity (Wildman–Crippen MR) is 101 cm³/mol. The maximum Gasteiger partial charge on any atom is 0.128 e. The van der Waals surface area contributed by atoms with Crippen LogP contribution in [0.4, 0.5) is 5.82 Å². The summed E-state index contributed by atoms with van der Waals surface area (Å²) in [5, 5.41) is 3.45. The summed E-state index contributed by atoms with van der Waals surface area (Å²) >= 11 is 0. The summed E-state index contributed by atoms with van der Waals surface area (Å²) in [6, 6.07) is 5.25. The van der Waals surface area contributed by atoms with Crippen LogP contribution in [-0.4, -0.2) is 73.2 Å². The zero-order valence-electron chi connectivity index (χ0n) is 14.5. The lowest BCUT2D eigenvalue weighted by atomic mass is 10.2. The average molecular weight is 352 g/mol. The number of halogens is 1. The summed E-state index contributed by atoms with van der Waals surface area (Å²) in [7, 11) is 0. The number of likely N-dealkylation sites (tertiary alicyclic amines) is 1. The van der Waals surface area contributed by atoms with E-state index in [1.165, 1.54) is 64.1 Å². The molecule has 0 aliphatic carbocycles. The second-order valence-electron chi connectivity index (χ2n) is 7.18. The lowest BCUT2D eigenvalue weighted by Crippen LogP contribution is -2.49. The molecule has 6 heteroatoms. The van der Waals surface area contributed by atoms with E-state index in [-0.39, 0.29) is 12.4 Å². The molecule has 3 aliphatic heterocycles. The van der Waals surface area contributed by atoms with Gasteiger partial charge >= 0.3 is 0 Å². The predicted octanol–water partition coefficient (Wildman–Crippen LogP) is 1.58. The first-order chi connectivity index (χ1) is 11.4. The van der Waals surface area contributed by atoms with Gasteiger partial charge in [-0.2, -0.15) is 0 Å². The minimum atomic E-state index is 0. The summed E-state index contributed by atoms with van der Waals surface area (Å²) in [4.78, 5) is 12.4. The second kappa shape index (κ2) is 8.48. The number of pyridine rings is 1. The first kappa shape index (κ1) is 17.9. The van der Waals surface area contributed by atoms with Crippen LogP contribution in [0.1, 0.15) is 24.8 Å². The van der Waals surface area contributed by atoms with Crippen LogP contribution in [0.3, 0.4) is 0 Å². The highest BCUT2D eigenvalue weighted by molar-refractivity contribution is 5.85. The van der Waals surface area contributed by atoms with Crippen LogP contribution in [0.25, 0.3) is 0 Å². The number of hydrogen-bond donors (Lipinski definition) is 1. The van der Waals surface area contributed by atoms with Crippen molar-refractivity contribution >= 4 is 18.2 Å². The molecule has 0 amide bonds. The average Bonchev–Trinajstić information content (AvgIpc) is 3.28. The van der Waals surface area contributed by atoms with Crippen molar-refractivity contribution in [2.45, 2.75) is 31.8 Å². The van der Waals surface area contributed by atoms with Crippen molar-refractivity contribution < 1.29 is 0 Å². The Morgan fingerprint density at radius 1 is 1.04 bits per heavy atom. The lowest BCUT2D eigenvalue weighted by molar-refractivity contribution is 0.170. The van der Waals surface area contributed by atoms with Crippen LogP contribution in [-0.2, 0) is 6.54 Å². The quantitative estimate of drug-likeness (QED) is 0.891. The van der Waals surface area contributed by atoms with Gasteiger partial charge in [-0.1, -0.05) is 6.07 Å². The molecule has 0 saturated carbocycles. The van der Waals surface area contributed by atoms with Crippen LogP contribution >= 0.6 is 12.4 Å². The zero-order valence-corrected chi connectivity index (χ0v) is 15.3. The summed E-state index contributed by atoms with van der Waals surface area (Å²) in [5.41, 5.74) is 1.36. The van der Waals surface area contributed by atoms with Gasteiger partial charge in [0.1, 0.15) is 5.82 Å². The van der Waals surface area contributed by atoms with Crippen molar-refractivity contribution in [1.29, 1.82) is 0 Å². The van der Waals surface area contributed by atoms with E-state index in [4.69, 9.17) is 4.98 Å². The van der Waals surface area contributed by atoms with Gasteiger partial charge in [0.2, 0.25) is 0 Å². The van der Waals surface area contributed by atoms with Gasteiger partial charge in [-0.3, -0.25) is 9.80 Å². The molecule has 1 atom stereocenters. The van der Waals surface area contributed by atoms with Crippen molar-refractivity contribution in [3.05, 3.63) is 23.9 Å². The molecule has 1 N–H and O–H groups in total. The fraction of sp³-hybridized carbons (Fsp3) is 0.722. The number of aromatic nitrogens is 1. The van der Waals surface area contributed by atoms with Crippen LogP contribution < -0.4 is 10.2 Å². The molecule has 3 fully saturated rings. The fourth-order valence-corrected chi connectivity index (χ4v) is 4.20. The highest BCUT2D eigenvalue weighted by Crippen LogP contribution is 2.21. The van der Waals surface area contributed by atoms with E-state index < -0.39 is 0 Å². The van der Waals surface area contributed by atoms with E-state index in [0.717, 1.165) is 31.5 Å². The minimum absolute atomic E-state index is 0. The van der Waals surface area contributed by atoms with Crippen LogP contribution in [0.2, 0.25) is 0 Å². The van der Waals surface area contributed by atoms with Crippen molar-refractivity contribution in [2.24, 2.45) is 0 Å². The van der Waals surface area contributed by atoms with E-state index in [1.54, 1.807) is 0 Å². The Bertz CT molecular complexity index is 497. The van der Waals surface area contributed by atoms with E-state index in [9.17, 15) is 0 Å².